The van der Waals surface area contributed by atoms with E-state index in [0.29, 0.717) is 18.2 Å². The minimum Gasteiger partial charge on any atom is -0.465 e. The Morgan fingerprint density at radius 1 is 0.963 bits per heavy atom. The number of oxazole rings is 1. The number of aryl methyl sites for hydroxylation is 1. The van der Waals surface area contributed by atoms with Crippen molar-refractivity contribution in [1.82, 2.24) is 4.98 Å². The summed E-state index contributed by atoms with van der Waals surface area (Å²) in [7, 11) is 0. The molecule has 1 aromatic carbocycles. The fourth-order valence-corrected chi connectivity index (χ4v) is 2.98. The van der Waals surface area contributed by atoms with Gasteiger partial charge in [-0.1, -0.05) is 64.5 Å². The Kier molecular flexibility index (Phi) is 9.67. The molecule has 0 atom stereocenters. The van der Waals surface area contributed by atoms with Crippen molar-refractivity contribution in [2.24, 2.45) is 0 Å². The van der Waals surface area contributed by atoms with Crippen LogP contribution in [0.25, 0.3) is 11.5 Å². The first kappa shape index (κ1) is 21.2. The largest absolute Gasteiger partial charge is 0.465 e. The lowest BCUT2D eigenvalue weighted by Gasteiger charge is -2.03. The number of hydrogen-bond acceptors (Lipinski definition) is 4. The predicted octanol–water partition coefficient (Wildman–Crippen LogP) is 6.13. The summed E-state index contributed by atoms with van der Waals surface area (Å²) in [5, 5.41) is 0. The van der Waals surface area contributed by atoms with Gasteiger partial charge in [-0.25, -0.2) is 4.98 Å². The first-order valence-corrected chi connectivity index (χ1v) is 10.4. The quantitative estimate of drug-likeness (QED) is 0.314. The van der Waals surface area contributed by atoms with Gasteiger partial charge in [-0.3, -0.25) is 4.79 Å². The molecule has 0 saturated carbocycles. The normalized spacial score (nSPS) is 10.9. The van der Waals surface area contributed by atoms with Crippen molar-refractivity contribution in [3.05, 3.63) is 41.8 Å². The zero-order valence-corrected chi connectivity index (χ0v) is 16.8. The molecular weight excluding hydrogens is 338 g/mol. The Balaban J connectivity index is 1.72. The lowest BCUT2D eigenvalue weighted by atomic mass is 10.1. The van der Waals surface area contributed by atoms with Gasteiger partial charge in [0.25, 0.3) is 0 Å². The molecule has 0 saturated heterocycles. The van der Waals surface area contributed by atoms with Crippen molar-refractivity contribution in [3.63, 3.8) is 0 Å². The molecule has 4 heteroatoms. The third kappa shape index (κ3) is 7.98. The highest BCUT2D eigenvalue weighted by atomic mass is 16.5. The van der Waals surface area contributed by atoms with Gasteiger partial charge in [-0.05, 0) is 37.0 Å². The molecule has 0 amide bonds. The van der Waals surface area contributed by atoms with E-state index >= 15 is 0 Å². The first-order valence-electron chi connectivity index (χ1n) is 10.4. The van der Waals surface area contributed by atoms with Crippen LogP contribution in [-0.2, 0) is 22.4 Å². The molecule has 148 valence electrons. The van der Waals surface area contributed by atoms with Crippen LogP contribution >= 0.6 is 0 Å². The van der Waals surface area contributed by atoms with Crippen LogP contribution in [-0.4, -0.2) is 17.6 Å². The number of carbonyl (C=O) groups excluding carboxylic acids is 1. The standard InChI is InChI=1S/C23H33NO3/c1-3-5-7-8-9-10-16-26-22(25)17-21-18-27-23(24-21)20-14-12-19(13-15-20)11-6-4-2/h12-15,18H,3-11,16-17H2,1-2H3. The molecular formula is C23H33NO3. The van der Waals surface area contributed by atoms with E-state index in [1.807, 2.05) is 12.1 Å². The van der Waals surface area contributed by atoms with Crippen LogP contribution in [0.1, 0.15) is 76.5 Å². The van der Waals surface area contributed by atoms with Gasteiger partial charge >= 0.3 is 5.97 Å². The smallest absolute Gasteiger partial charge is 0.311 e. The fourth-order valence-electron chi connectivity index (χ4n) is 2.98. The SMILES string of the molecule is CCCCCCCCOC(=O)Cc1coc(-c2ccc(CCCC)cc2)n1. The zero-order chi connectivity index (χ0) is 19.3. The maximum atomic E-state index is 11.9. The van der Waals surface area contributed by atoms with Crippen molar-refractivity contribution in [1.29, 1.82) is 0 Å². The van der Waals surface area contributed by atoms with E-state index in [9.17, 15) is 4.79 Å². The van der Waals surface area contributed by atoms with E-state index in [1.54, 1.807) is 6.26 Å². The lowest BCUT2D eigenvalue weighted by molar-refractivity contribution is -0.143. The highest BCUT2D eigenvalue weighted by Crippen LogP contribution is 2.20. The minimum absolute atomic E-state index is 0.161. The third-order valence-electron chi connectivity index (χ3n) is 4.66. The molecule has 0 N–H and O–H groups in total. The van der Waals surface area contributed by atoms with E-state index in [2.05, 4.69) is 31.0 Å². The summed E-state index contributed by atoms with van der Waals surface area (Å²) < 4.78 is 10.8. The summed E-state index contributed by atoms with van der Waals surface area (Å²) in [6.45, 7) is 4.90. The predicted molar refractivity (Wildman–Crippen MR) is 109 cm³/mol. The van der Waals surface area contributed by atoms with Crippen LogP contribution in [0.5, 0.6) is 0 Å². The number of nitrogens with zero attached hydrogens (tertiary/aromatic N) is 1. The lowest BCUT2D eigenvalue weighted by Crippen LogP contribution is -2.09. The highest BCUT2D eigenvalue weighted by Gasteiger charge is 2.11. The number of unbranched alkanes of at least 4 members (excludes halogenated alkanes) is 6. The van der Waals surface area contributed by atoms with Gasteiger partial charge in [0, 0.05) is 5.56 Å². The van der Waals surface area contributed by atoms with Gasteiger partial charge < -0.3 is 9.15 Å². The Hall–Kier alpha value is -2.10. The maximum Gasteiger partial charge on any atom is 0.311 e. The van der Waals surface area contributed by atoms with E-state index in [-0.39, 0.29) is 12.4 Å². The van der Waals surface area contributed by atoms with E-state index in [0.717, 1.165) is 24.8 Å². The number of carbonyl (C=O) groups is 1. The van der Waals surface area contributed by atoms with Crippen molar-refractivity contribution >= 4 is 5.97 Å². The number of aromatic nitrogens is 1. The molecule has 27 heavy (non-hydrogen) atoms. The van der Waals surface area contributed by atoms with Crippen LogP contribution in [0.2, 0.25) is 0 Å². The number of rotatable bonds is 13. The minimum atomic E-state index is -0.238. The molecule has 0 radical (unpaired) electrons. The van der Waals surface area contributed by atoms with E-state index in [1.165, 1.54) is 44.1 Å². The van der Waals surface area contributed by atoms with Gasteiger partial charge in [0.2, 0.25) is 5.89 Å². The van der Waals surface area contributed by atoms with Crippen LogP contribution in [0.15, 0.2) is 34.9 Å². The summed E-state index contributed by atoms with van der Waals surface area (Å²) in [5.74, 6) is 0.314. The van der Waals surface area contributed by atoms with Crippen LogP contribution < -0.4 is 0 Å². The summed E-state index contributed by atoms with van der Waals surface area (Å²) in [6.07, 6.45) is 12.3. The highest BCUT2D eigenvalue weighted by molar-refractivity contribution is 5.72. The number of hydrogen-bond donors (Lipinski definition) is 0. The third-order valence-corrected chi connectivity index (χ3v) is 4.66. The van der Waals surface area contributed by atoms with Crippen LogP contribution in [0.3, 0.4) is 0 Å². The van der Waals surface area contributed by atoms with Crippen molar-refractivity contribution < 1.29 is 13.9 Å². The molecule has 0 bridgehead atoms. The summed E-state index contributed by atoms with van der Waals surface area (Å²) in [5.41, 5.74) is 2.88. The molecule has 1 aromatic heterocycles. The molecule has 2 rings (SSSR count). The Morgan fingerprint density at radius 2 is 1.67 bits per heavy atom. The molecule has 0 spiro atoms. The molecule has 0 aliphatic rings. The Labute approximate surface area is 163 Å². The summed E-state index contributed by atoms with van der Waals surface area (Å²) >= 11 is 0. The number of benzene rings is 1. The molecule has 0 aliphatic heterocycles. The monoisotopic (exact) mass is 371 g/mol. The topological polar surface area (TPSA) is 52.3 Å². The fraction of sp³-hybridized carbons (Fsp3) is 0.565. The van der Waals surface area contributed by atoms with Crippen molar-refractivity contribution in [3.8, 4) is 11.5 Å². The summed E-state index contributed by atoms with van der Waals surface area (Å²) in [4.78, 5) is 16.4. The second-order valence-electron chi connectivity index (χ2n) is 7.11. The summed E-state index contributed by atoms with van der Waals surface area (Å²) in [6, 6.07) is 8.28. The van der Waals surface area contributed by atoms with Crippen LogP contribution in [0.4, 0.5) is 0 Å². The van der Waals surface area contributed by atoms with E-state index in [4.69, 9.17) is 9.15 Å². The zero-order valence-electron chi connectivity index (χ0n) is 16.8. The van der Waals surface area contributed by atoms with Crippen LogP contribution in [0, 0.1) is 0 Å². The van der Waals surface area contributed by atoms with Gasteiger partial charge in [0.15, 0.2) is 0 Å². The Bertz CT molecular complexity index is 661. The van der Waals surface area contributed by atoms with E-state index < -0.39 is 0 Å². The average molecular weight is 372 g/mol. The van der Waals surface area contributed by atoms with Crippen molar-refractivity contribution in [2.75, 3.05) is 6.61 Å². The molecule has 2 aromatic rings. The second-order valence-corrected chi connectivity index (χ2v) is 7.11. The number of esters is 1. The molecule has 0 aliphatic carbocycles. The molecule has 1 heterocycles. The van der Waals surface area contributed by atoms with Crippen molar-refractivity contribution in [2.45, 2.75) is 78.1 Å². The van der Waals surface area contributed by atoms with Gasteiger partial charge in [0.05, 0.1) is 18.7 Å². The van der Waals surface area contributed by atoms with Gasteiger partial charge in [0.1, 0.15) is 6.26 Å². The molecule has 0 fully saturated rings. The Morgan fingerprint density at radius 3 is 2.41 bits per heavy atom. The maximum absolute atomic E-state index is 11.9. The molecule has 0 unspecified atom stereocenters. The number of ether oxygens (including phenoxy) is 1. The average Bonchev–Trinajstić information content (AvgIpc) is 3.14. The molecule has 4 nitrogen and oxygen atoms in total. The van der Waals surface area contributed by atoms with Gasteiger partial charge in [-0.15, -0.1) is 0 Å². The second kappa shape index (κ2) is 12.3. The first-order chi connectivity index (χ1) is 13.2. The van der Waals surface area contributed by atoms with Gasteiger partial charge in [-0.2, -0.15) is 0 Å².